The molecule has 0 unspecified atom stereocenters. The number of piperidine rings is 1. The fraction of sp³-hybridized carbons (Fsp3) is 0.267. The highest BCUT2D eigenvalue weighted by atomic mass is 35.5. The third kappa shape index (κ3) is 6.50. The van der Waals surface area contributed by atoms with Crippen LogP contribution < -0.4 is 16.2 Å². The van der Waals surface area contributed by atoms with Crippen LogP contribution in [0.1, 0.15) is 33.6 Å². The fourth-order valence-electron chi connectivity index (χ4n) is 5.04. The Morgan fingerprint density at radius 1 is 1.00 bits per heavy atom. The van der Waals surface area contributed by atoms with Gasteiger partial charge < -0.3 is 25.3 Å². The Morgan fingerprint density at radius 3 is 2.49 bits per heavy atom. The first-order valence-electron chi connectivity index (χ1n) is 13.3. The minimum atomic E-state index is -0.419. The smallest absolute Gasteiger partial charge is 0.306 e. The van der Waals surface area contributed by atoms with E-state index < -0.39 is 6.04 Å². The first-order chi connectivity index (χ1) is 19.8. The zero-order valence-electron chi connectivity index (χ0n) is 22.4. The van der Waals surface area contributed by atoms with E-state index in [2.05, 4.69) is 20.5 Å². The van der Waals surface area contributed by atoms with Gasteiger partial charge in [0.15, 0.2) is 0 Å². The van der Waals surface area contributed by atoms with E-state index in [9.17, 15) is 19.2 Å². The summed E-state index contributed by atoms with van der Waals surface area (Å²) in [6.07, 6.45) is 4.14. The molecule has 41 heavy (non-hydrogen) atoms. The highest BCUT2D eigenvalue weighted by Crippen LogP contribution is 2.24. The molecule has 1 aliphatic heterocycles. The van der Waals surface area contributed by atoms with Crippen LogP contribution in [-0.4, -0.2) is 71.1 Å². The molecule has 1 fully saturated rings. The zero-order chi connectivity index (χ0) is 28.9. The number of ether oxygens (including phenoxy) is 1. The minimum absolute atomic E-state index is 0.170. The minimum Gasteiger partial charge on any atom is -0.469 e. The van der Waals surface area contributed by atoms with Crippen molar-refractivity contribution in [2.45, 2.75) is 24.9 Å². The third-order valence-electron chi connectivity index (χ3n) is 7.31. The van der Waals surface area contributed by atoms with E-state index in [4.69, 9.17) is 16.3 Å². The maximum atomic E-state index is 13.3. The molecule has 0 spiro atoms. The predicted molar refractivity (Wildman–Crippen MR) is 156 cm³/mol. The van der Waals surface area contributed by atoms with Crippen molar-refractivity contribution in [1.82, 2.24) is 25.1 Å². The number of hydrogen-bond donors (Lipinski definition) is 3. The van der Waals surface area contributed by atoms with Gasteiger partial charge in [-0.3, -0.25) is 23.7 Å². The molecule has 2 aromatic heterocycles. The van der Waals surface area contributed by atoms with Crippen molar-refractivity contribution in [1.29, 1.82) is 0 Å². The molecule has 11 heteroatoms. The standard InChI is InChI=1S/C30H30ClN5O5/c1-41-28(38)12-15-35-14-11-24(33-30(40)20-7-10-22-23(31)17-32-25(22)16-20)26(18-35)34-29(39)19-5-8-21(9-6-19)36-13-3-2-4-27(36)37/h2-10,13,16-17,24,26,32H,11-12,14-15,18H2,1H3,(H,33,40)(H,34,39)/t24-,26+/m0/s1. The van der Waals surface area contributed by atoms with E-state index in [1.54, 1.807) is 67.0 Å². The summed E-state index contributed by atoms with van der Waals surface area (Å²) in [7, 11) is 1.35. The molecule has 212 valence electrons. The van der Waals surface area contributed by atoms with E-state index in [0.717, 1.165) is 10.9 Å². The lowest BCUT2D eigenvalue weighted by Gasteiger charge is -2.39. The lowest BCUT2D eigenvalue weighted by Crippen LogP contribution is -2.60. The second-order valence-electron chi connectivity index (χ2n) is 9.93. The summed E-state index contributed by atoms with van der Waals surface area (Å²) in [5, 5.41) is 7.57. The number of carbonyl (C=O) groups excluding carboxylic acids is 3. The van der Waals surface area contributed by atoms with Crippen LogP contribution in [-0.2, 0) is 9.53 Å². The second kappa shape index (κ2) is 12.4. The van der Waals surface area contributed by atoms with Crippen LogP contribution in [0.3, 0.4) is 0 Å². The van der Waals surface area contributed by atoms with Gasteiger partial charge in [-0.05, 0) is 48.9 Å². The lowest BCUT2D eigenvalue weighted by molar-refractivity contribution is -0.141. The molecule has 3 N–H and O–H groups in total. The molecule has 2 aromatic carbocycles. The Balaban J connectivity index is 1.31. The van der Waals surface area contributed by atoms with Crippen LogP contribution in [0.5, 0.6) is 0 Å². The Morgan fingerprint density at radius 2 is 1.73 bits per heavy atom. The zero-order valence-corrected chi connectivity index (χ0v) is 23.2. The average Bonchev–Trinajstić information content (AvgIpc) is 3.37. The molecule has 0 saturated carbocycles. The fourth-order valence-corrected chi connectivity index (χ4v) is 5.26. The Hall–Kier alpha value is -4.41. The number of halogens is 1. The number of aromatic nitrogens is 2. The van der Waals surface area contributed by atoms with Gasteiger partial charge >= 0.3 is 5.97 Å². The summed E-state index contributed by atoms with van der Waals surface area (Å²) in [6.45, 7) is 1.56. The van der Waals surface area contributed by atoms with Gasteiger partial charge in [-0.1, -0.05) is 23.7 Å². The van der Waals surface area contributed by atoms with Crippen LogP contribution >= 0.6 is 11.6 Å². The average molecular weight is 576 g/mol. The summed E-state index contributed by atoms with van der Waals surface area (Å²) < 4.78 is 6.26. The van der Waals surface area contributed by atoms with Crippen LogP contribution in [0.25, 0.3) is 16.6 Å². The van der Waals surface area contributed by atoms with Crippen LogP contribution in [0, 0.1) is 0 Å². The van der Waals surface area contributed by atoms with Gasteiger partial charge in [-0.2, -0.15) is 0 Å². The van der Waals surface area contributed by atoms with Crippen molar-refractivity contribution < 1.29 is 19.1 Å². The normalized spacial score (nSPS) is 17.2. The number of hydrogen-bond acceptors (Lipinski definition) is 6. The second-order valence-corrected chi connectivity index (χ2v) is 10.3. The Kier molecular flexibility index (Phi) is 8.51. The number of rotatable bonds is 8. The summed E-state index contributed by atoms with van der Waals surface area (Å²) in [6, 6.07) is 16.1. The molecular weight excluding hydrogens is 546 g/mol. The molecular formula is C30H30ClN5O5. The quantitative estimate of drug-likeness (QED) is 0.277. The summed E-state index contributed by atoms with van der Waals surface area (Å²) in [5.74, 6) is -0.876. The van der Waals surface area contributed by atoms with Gasteiger partial charge in [0.25, 0.3) is 17.4 Å². The predicted octanol–water partition coefficient (Wildman–Crippen LogP) is 3.14. The first-order valence-corrected chi connectivity index (χ1v) is 13.7. The van der Waals surface area contributed by atoms with Gasteiger partial charge in [0.1, 0.15) is 0 Å². The number of nitrogens with one attached hydrogen (secondary N) is 3. The molecule has 10 nitrogen and oxygen atoms in total. The summed E-state index contributed by atoms with van der Waals surface area (Å²) in [5.41, 5.74) is 2.12. The van der Waals surface area contributed by atoms with Gasteiger partial charge in [0.05, 0.1) is 30.6 Å². The monoisotopic (exact) mass is 575 g/mol. The Bertz CT molecular complexity index is 1630. The maximum absolute atomic E-state index is 13.3. The van der Waals surface area contributed by atoms with Crippen molar-refractivity contribution in [3.8, 4) is 5.69 Å². The van der Waals surface area contributed by atoms with E-state index >= 15 is 0 Å². The number of methoxy groups -OCH3 is 1. The van der Waals surface area contributed by atoms with Crippen molar-refractivity contribution in [3.63, 3.8) is 0 Å². The molecule has 1 aliphatic rings. The highest BCUT2D eigenvalue weighted by Gasteiger charge is 2.32. The van der Waals surface area contributed by atoms with Crippen molar-refractivity contribution in [2.75, 3.05) is 26.7 Å². The topological polar surface area (TPSA) is 126 Å². The number of nitrogens with zero attached hydrogens (tertiary/aromatic N) is 2. The number of benzene rings is 2. The number of likely N-dealkylation sites (tertiary alicyclic amines) is 1. The first kappa shape index (κ1) is 28.1. The molecule has 1 saturated heterocycles. The van der Waals surface area contributed by atoms with E-state index in [1.807, 2.05) is 0 Å². The number of H-pyrrole nitrogens is 1. The molecule has 0 bridgehead atoms. The number of esters is 1. The molecule has 2 atom stereocenters. The number of carbonyl (C=O) groups is 3. The molecule has 5 rings (SSSR count). The van der Waals surface area contributed by atoms with Gasteiger partial charge in [0.2, 0.25) is 0 Å². The number of aromatic amines is 1. The van der Waals surface area contributed by atoms with Crippen molar-refractivity contribution in [2.24, 2.45) is 0 Å². The van der Waals surface area contributed by atoms with Crippen LogP contribution in [0.15, 0.2) is 77.9 Å². The molecule has 3 heterocycles. The van der Waals surface area contributed by atoms with E-state index in [1.165, 1.54) is 17.7 Å². The van der Waals surface area contributed by atoms with Gasteiger partial charge in [0, 0.05) is 65.8 Å². The number of amides is 2. The lowest BCUT2D eigenvalue weighted by atomic mass is 9.97. The maximum Gasteiger partial charge on any atom is 0.306 e. The van der Waals surface area contributed by atoms with Crippen LogP contribution in [0.4, 0.5) is 0 Å². The van der Waals surface area contributed by atoms with Gasteiger partial charge in [-0.15, -0.1) is 0 Å². The third-order valence-corrected chi connectivity index (χ3v) is 7.63. The molecule has 2 amide bonds. The summed E-state index contributed by atoms with van der Waals surface area (Å²) >= 11 is 6.17. The van der Waals surface area contributed by atoms with Crippen molar-refractivity contribution in [3.05, 3.63) is 99.6 Å². The van der Waals surface area contributed by atoms with Crippen molar-refractivity contribution >= 4 is 40.3 Å². The van der Waals surface area contributed by atoms with E-state index in [-0.39, 0.29) is 35.8 Å². The molecule has 0 radical (unpaired) electrons. The van der Waals surface area contributed by atoms with E-state index in [0.29, 0.717) is 47.9 Å². The highest BCUT2D eigenvalue weighted by molar-refractivity contribution is 6.35. The largest absolute Gasteiger partial charge is 0.469 e. The van der Waals surface area contributed by atoms with Crippen LogP contribution in [0.2, 0.25) is 5.02 Å². The molecule has 0 aliphatic carbocycles. The van der Waals surface area contributed by atoms with Gasteiger partial charge in [-0.25, -0.2) is 0 Å². The number of pyridine rings is 1. The number of fused-ring (bicyclic) bond motifs is 1. The summed E-state index contributed by atoms with van der Waals surface area (Å²) in [4.78, 5) is 55.5. The molecule has 4 aromatic rings. The SMILES string of the molecule is COC(=O)CCN1CC[C@H](NC(=O)c2ccc3c(Cl)c[nH]c3c2)[C@H](NC(=O)c2ccc(-n3ccccc3=O)cc2)C1. The Labute approximate surface area is 241 Å².